The number of nitrogens with one attached hydrogen (secondary N) is 1. The third-order valence-corrected chi connectivity index (χ3v) is 7.39. The van der Waals surface area contributed by atoms with Crippen molar-refractivity contribution in [2.24, 2.45) is 0 Å². The van der Waals surface area contributed by atoms with E-state index in [1.54, 1.807) is 7.11 Å². The molecule has 1 aromatic rings. The van der Waals surface area contributed by atoms with E-state index in [1.165, 1.54) is 11.4 Å². The number of methoxy groups -OCH3 is 1. The SMILES string of the molecule is COc1cccc([C@@H]2C[C@H](C(=O)N3[C@@H](C)CCC[C@@H]3C)N(C)S(=O)(=O)N2)c1. The molecule has 0 saturated carbocycles. The van der Waals surface area contributed by atoms with Gasteiger partial charge in [0.2, 0.25) is 5.91 Å². The summed E-state index contributed by atoms with van der Waals surface area (Å²) in [5.74, 6) is 0.557. The van der Waals surface area contributed by atoms with E-state index in [2.05, 4.69) is 4.72 Å². The second-order valence-electron chi connectivity index (χ2n) is 7.59. The fourth-order valence-electron chi connectivity index (χ4n) is 4.20. The zero-order valence-electron chi connectivity index (χ0n) is 16.4. The van der Waals surface area contributed by atoms with E-state index in [9.17, 15) is 13.2 Å². The number of benzene rings is 1. The van der Waals surface area contributed by atoms with Gasteiger partial charge in [0.15, 0.2) is 0 Å². The average molecular weight is 396 g/mol. The molecule has 2 saturated heterocycles. The normalized spacial score (nSPS) is 31.5. The highest BCUT2D eigenvalue weighted by molar-refractivity contribution is 7.87. The maximum absolute atomic E-state index is 13.3. The van der Waals surface area contributed by atoms with Gasteiger partial charge in [0.25, 0.3) is 10.2 Å². The van der Waals surface area contributed by atoms with Crippen LogP contribution >= 0.6 is 0 Å². The van der Waals surface area contributed by atoms with Crippen LogP contribution in [0.5, 0.6) is 5.75 Å². The Morgan fingerprint density at radius 1 is 1.22 bits per heavy atom. The number of carbonyl (C=O) groups is 1. The first-order valence-corrected chi connectivity index (χ1v) is 10.9. The maximum atomic E-state index is 13.3. The smallest absolute Gasteiger partial charge is 0.280 e. The highest BCUT2D eigenvalue weighted by Gasteiger charge is 2.44. The van der Waals surface area contributed by atoms with Gasteiger partial charge in [-0.15, -0.1) is 0 Å². The van der Waals surface area contributed by atoms with E-state index in [0.717, 1.165) is 24.8 Å². The lowest BCUT2D eigenvalue weighted by molar-refractivity contribution is -0.142. The zero-order valence-corrected chi connectivity index (χ0v) is 17.2. The minimum atomic E-state index is -3.75. The van der Waals surface area contributed by atoms with Gasteiger partial charge in [0, 0.05) is 19.1 Å². The Balaban J connectivity index is 1.90. The maximum Gasteiger partial charge on any atom is 0.280 e. The van der Waals surface area contributed by atoms with Crippen LogP contribution in [0.3, 0.4) is 0 Å². The van der Waals surface area contributed by atoms with E-state index >= 15 is 0 Å². The Bertz CT molecular complexity index is 788. The molecule has 0 aromatic heterocycles. The molecule has 4 atom stereocenters. The van der Waals surface area contributed by atoms with Crippen LogP contribution in [-0.2, 0) is 15.0 Å². The number of nitrogens with zero attached hydrogens (tertiary/aromatic N) is 2. The van der Waals surface area contributed by atoms with Crippen LogP contribution in [0, 0.1) is 0 Å². The Morgan fingerprint density at radius 3 is 2.52 bits per heavy atom. The number of ether oxygens (including phenoxy) is 1. The van der Waals surface area contributed by atoms with Gasteiger partial charge < -0.3 is 9.64 Å². The molecule has 8 heteroatoms. The van der Waals surface area contributed by atoms with Crippen molar-refractivity contribution in [3.05, 3.63) is 29.8 Å². The summed E-state index contributed by atoms with van der Waals surface area (Å²) in [6, 6.07) is 6.38. The number of hydrogen-bond donors (Lipinski definition) is 1. The number of hydrogen-bond acceptors (Lipinski definition) is 4. The van der Waals surface area contributed by atoms with Gasteiger partial charge in [-0.05, 0) is 57.2 Å². The molecule has 2 aliphatic rings. The molecule has 3 rings (SSSR count). The number of amides is 1. The summed E-state index contributed by atoms with van der Waals surface area (Å²) in [5, 5.41) is 0. The van der Waals surface area contributed by atoms with Gasteiger partial charge in [-0.25, -0.2) is 0 Å². The van der Waals surface area contributed by atoms with E-state index in [0.29, 0.717) is 12.2 Å². The average Bonchev–Trinajstić information content (AvgIpc) is 2.63. The Morgan fingerprint density at radius 2 is 1.89 bits per heavy atom. The van der Waals surface area contributed by atoms with Gasteiger partial charge in [-0.1, -0.05) is 12.1 Å². The van der Waals surface area contributed by atoms with Gasteiger partial charge >= 0.3 is 0 Å². The summed E-state index contributed by atoms with van der Waals surface area (Å²) in [4.78, 5) is 15.2. The van der Waals surface area contributed by atoms with Gasteiger partial charge in [0.1, 0.15) is 11.8 Å². The predicted octanol–water partition coefficient (Wildman–Crippen LogP) is 2.06. The molecule has 2 heterocycles. The first-order chi connectivity index (χ1) is 12.7. The summed E-state index contributed by atoms with van der Waals surface area (Å²) in [6.45, 7) is 4.09. The topological polar surface area (TPSA) is 79.0 Å². The van der Waals surface area contributed by atoms with E-state index in [1.807, 2.05) is 43.0 Å². The number of likely N-dealkylation sites (tertiary alicyclic amines) is 1. The van der Waals surface area contributed by atoms with Crippen LogP contribution in [0.15, 0.2) is 24.3 Å². The van der Waals surface area contributed by atoms with Gasteiger partial charge in [-0.2, -0.15) is 17.4 Å². The van der Waals surface area contributed by atoms with Gasteiger partial charge in [0.05, 0.1) is 13.2 Å². The first-order valence-electron chi connectivity index (χ1n) is 9.46. The first kappa shape index (κ1) is 20.1. The quantitative estimate of drug-likeness (QED) is 0.850. The summed E-state index contributed by atoms with van der Waals surface area (Å²) >= 11 is 0. The zero-order chi connectivity index (χ0) is 19.8. The molecule has 2 fully saturated rings. The molecule has 7 nitrogen and oxygen atoms in total. The number of likely N-dealkylation sites (N-methyl/N-ethyl adjacent to an activating group) is 1. The lowest BCUT2D eigenvalue weighted by Gasteiger charge is -2.44. The molecule has 0 spiro atoms. The molecule has 0 radical (unpaired) electrons. The molecule has 0 bridgehead atoms. The van der Waals surface area contributed by atoms with E-state index in [-0.39, 0.29) is 18.0 Å². The van der Waals surface area contributed by atoms with Crippen LogP contribution in [0.25, 0.3) is 0 Å². The van der Waals surface area contributed by atoms with Crippen LogP contribution < -0.4 is 9.46 Å². The van der Waals surface area contributed by atoms with Crippen molar-refractivity contribution in [2.75, 3.05) is 14.2 Å². The van der Waals surface area contributed by atoms with Crippen LogP contribution in [0.4, 0.5) is 0 Å². The Hall–Kier alpha value is -1.64. The molecule has 0 aliphatic carbocycles. The van der Waals surface area contributed by atoms with Crippen molar-refractivity contribution in [1.82, 2.24) is 13.9 Å². The molecule has 27 heavy (non-hydrogen) atoms. The lowest BCUT2D eigenvalue weighted by atomic mass is 9.94. The third kappa shape index (κ3) is 3.97. The highest BCUT2D eigenvalue weighted by Crippen LogP contribution is 2.32. The largest absolute Gasteiger partial charge is 0.497 e. The van der Waals surface area contributed by atoms with E-state index in [4.69, 9.17) is 4.74 Å². The Kier molecular flexibility index (Phi) is 5.79. The van der Waals surface area contributed by atoms with Crippen molar-refractivity contribution in [3.63, 3.8) is 0 Å². The van der Waals surface area contributed by atoms with Crippen LogP contribution in [0.1, 0.15) is 51.1 Å². The molecular formula is C19H29N3O4S. The van der Waals surface area contributed by atoms with Crippen LogP contribution in [-0.4, -0.2) is 55.8 Å². The van der Waals surface area contributed by atoms with E-state index < -0.39 is 22.3 Å². The second kappa shape index (κ2) is 7.77. The highest BCUT2D eigenvalue weighted by atomic mass is 32.2. The van der Waals surface area contributed by atoms with Crippen molar-refractivity contribution in [3.8, 4) is 5.75 Å². The molecule has 1 amide bonds. The third-order valence-electron chi connectivity index (χ3n) is 5.80. The fourth-order valence-corrected chi connectivity index (χ4v) is 5.47. The van der Waals surface area contributed by atoms with Crippen molar-refractivity contribution < 1.29 is 17.9 Å². The van der Waals surface area contributed by atoms with Gasteiger partial charge in [-0.3, -0.25) is 4.79 Å². The number of carbonyl (C=O) groups excluding carboxylic acids is 1. The summed E-state index contributed by atoms with van der Waals surface area (Å²) in [5.41, 5.74) is 0.795. The predicted molar refractivity (Wildman–Crippen MR) is 104 cm³/mol. The number of piperidine rings is 1. The van der Waals surface area contributed by atoms with Crippen molar-refractivity contribution in [2.45, 2.75) is 63.7 Å². The molecule has 150 valence electrons. The van der Waals surface area contributed by atoms with Crippen molar-refractivity contribution >= 4 is 16.1 Å². The molecule has 2 aliphatic heterocycles. The number of rotatable bonds is 3. The summed E-state index contributed by atoms with van der Waals surface area (Å²) < 4.78 is 34.5. The molecular weight excluding hydrogens is 366 g/mol. The fraction of sp³-hybridized carbons (Fsp3) is 0.632. The molecule has 0 unspecified atom stereocenters. The second-order valence-corrected chi connectivity index (χ2v) is 9.36. The summed E-state index contributed by atoms with van der Waals surface area (Å²) in [6.07, 6.45) is 3.39. The molecule has 1 aromatic carbocycles. The monoisotopic (exact) mass is 395 g/mol. The standard InChI is InChI=1S/C19H29N3O4S/c1-13-7-5-8-14(2)22(13)19(23)18-12-17(20-27(24,25)21(18)3)15-9-6-10-16(11-15)26-4/h6,9-11,13-14,17-18,20H,5,7-8,12H2,1-4H3/t13-,14-,17-,18+/m0/s1. The minimum absolute atomic E-state index is 0.102. The van der Waals surface area contributed by atoms with Crippen LogP contribution in [0.2, 0.25) is 0 Å². The molecule has 1 N–H and O–H groups in total. The van der Waals surface area contributed by atoms with Crippen molar-refractivity contribution in [1.29, 1.82) is 0 Å². The minimum Gasteiger partial charge on any atom is -0.497 e. The lowest BCUT2D eigenvalue weighted by Crippen LogP contribution is -2.60. The Labute approximate surface area is 161 Å². The summed E-state index contributed by atoms with van der Waals surface area (Å²) in [7, 11) is -0.700.